The molecule has 154 valence electrons. The molecule has 4 N–H and O–H groups in total. The van der Waals surface area contributed by atoms with Crippen molar-refractivity contribution in [2.45, 2.75) is 50.9 Å². The third-order valence-corrected chi connectivity index (χ3v) is 5.23. The second kappa shape index (κ2) is 11.7. The Morgan fingerprint density at radius 1 is 1.32 bits per heavy atom. The number of carbonyl (C=O) groups excluding carboxylic acids is 2. The van der Waals surface area contributed by atoms with Crippen molar-refractivity contribution in [2.24, 2.45) is 11.7 Å². The van der Waals surface area contributed by atoms with Crippen LogP contribution in [0.15, 0.2) is 30.3 Å². The van der Waals surface area contributed by atoms with Crippen LogP contribution in [0, 0.1) is 5.92 Å². The zero-order valence-corrected chi connectivity index (χ0v) is 16.7. The van der Waals surface area contributed by atoms with Crippen molar-refractivity contribution in [3.05, 3.63) is 35.9 Å². The molecule has 0 aromatic heterocycles. The van der Waals surface area contributed by atoms with Crippen LogP contribution in [0.2, 0.25) is 0 Å². The SMILES string of the molecule is CN(CCc1ccccc1)C(=O)OB(O)C(CCCN)NC(=O)C1CCCC1. The Hall–Kier alpha value is -2.06. The van der Waals surface area contributed by atoms with Gasteiger partial charge in [0.25, 0.3) is 0 Å². The molecule has 1 aromatic rings. The predicted molar refractivity (Wildman–Crippen MR) is 109 cm³/mol. The first-order valence-corrected chi connectivity index (χ1v) is 10.2. The fraction of sp³-hybridized carbons (Fsp3) is 0.600. The van der Waals surface area contributed by atoms with E-state index >= 15 is 0 Å². The first-order chi connectivity index (χ1) is 13.5. The minimum Gasteiger partial charge on any atom is -0.491 e. The molecule has 2 amide bonds. The molecule has 1 aliphatic rings. The van der Waals surface area contributed by atoms with Crippen LogP contribution in [0.4, 0.5) is 4.79 Å². The number of amides is 2. The van der Waals surface area contributed by atoms with E-state index in [9.17, 15) is 14.6 Å². The van der Waals surface area contributed by atoms with Gasteiger partial charge < -0.3 is 25.6 Å². The van der Waals surface area contributed by atoms with Gasteiger partial charge in [-0.2, -0.15) is 0 Å². The van der Waals surface area contributed by atoms with E-state index in [0.29, 0.717) is 32.4 Å². The van der Waals surface area contributed by atoms with Crippen LogP contribution in [0.25, 0.3) is 0 Å². The van der Waals surface area contributed by atoms with E-state index in [0.717, 1.165) is 31.2 Å². The van der Waals surface area contributed by atoms with Crippen LogP contribution in [0.5, 0.6) is 0 Å². The Morgan fingerprint density at radius 3 is 2.64 bits per heavy atom. The number of nitrogens with zero attached hydrogens (tertiary/aromatic N) is 1. The molecule has 1 unspecified atom stereocenters. The highest BCUT2D eigenvalue weighted by atomic mass is 16.6. The first-order valence-electron chi connectivity index (χ1n) is 10.2. The lowest BCUT2D eigenvalue weighted by atomic mass is 9.75. The summed E-state index contributed by atoms with van der Waals surface area (Å²) < 4.78 is 5.21. The fourth-order valence-corrected chi connectivity index (χ4v) is 3.42. The average Bonchev–Trinajstić information content (AvgIpc) is 3.24. The summed E-state index contributed by atoms with van der Waals surface area (Å²) in [6.07, 6.45) is 4.99. The van der Waals surface area contributed by atoms with Crippen molar-refractivity contribution in [3.8, 4) is 0 Å². The summed E-state index contributed by atoms with van der Waals surface area (Å²) in [4.78, 5) is 26.1. The third-order valence-electron chi connectivity index (χ3n) is 5.23. The maximum absolute atomic E-state index is 12.4. The molecule has 0 aliphatic heterocycles. The van der Waals surface area contributed by atoms with Crippen LogP contribution in [0.1, 0.15) is 44.1 Å². The highest BCUT2D eigenvalue weighted by molar-refractivity contribution is 6.47. The molecule has 1 aromatic carbocycles. The Morgan fingerprint density at radius 2 is 2.00 bits per heavy atom. The smallest absolute Gasteiger partial charge is 0.491 e. The van der Waals surface area contributed by atoms with E-state index in [1.165, 1.54) is 4.90 Å². The summed E-state index contributed by atoms with van der Waals surface area (Å²) in [5.41, 5.74) is 6.68. The largest absolute Gasteiger partial charge is 0.549 e. The van der Waals surface area contributed by atoms with Gasteiger partial charge in [-0.3, -0.25) is 4.79 Å². The number of likely N-dealkylation sites (N-methyl/N-ethyl adjacent to an activating group) is 1. The lowest BCUT2D eigenvalue weighted by Crippen LogP contribution is -2.51. The predicted octanol–water partition coefficient (Wildman–Crippen LogP) is 1.73. The maximum Gasteiger partial charge on any atom is 0.549 e. The minimum absolute atomic E-state index is 0.0168. The van der Waals surface area contributed by atoms with Crippen LogP contribution >= 0.6 is 0 Å². The summed E-state index contributed by atoms with van der Waals surface area (Å²) in [7, 11) is 0.229. The second-order valence-corrected chi connectivity index (χ2v) is 7.46. The summed E-state index contributed by atoms with van der Waals surface area (Å²) in [5, 5.41) is 13.3. The Labute approximate surface area is 167 Å². The van der Waals surface area contributed by atoms with Crippen LogP contribution in [-0.4, -0.2) is 55.1 Å². The van der Waals surface area contributed by atoms with Crippen LogP contribution in [0.3, 0.4) is 0 Å². The third kappa shape index (κ3) is 7.17. The fourth-order valence-electron chi connectivity index (χ4n) is 3.42. The molecule has 8 heteroatoms. The van der Waals surface area contributed by atoms with Crippen molar-refractivity contribution >= 4 is 19.1 Å². The normalized spacial score (nSPS) is 15.1. The lowest BCUT2D eigenvalue weighted by Gasteiger charge is -2.24. The quantitative estimate of drug-likeness (QED) is 0.529. The van der Waals surface area contributed by atoms with Gasteiger partial charge in [0.15, 0.2) is 0 Å². The van der Waals surface area contributed by atoms with Crippen molar-refractivity contribution < 1.29 is 19.3 Å². The molecule has 1 fully saturated rings. The van der Waals surface area contributed by atoms with E-state index in [1.807, 2.05) is 30.3 Å². The number of hydrogen-bond acceptors (Lipinski definition) is 5. The van der Waals surface area contributed by atoms with Crippen LogP contribution < -0.4 is 11.1 Å². The van der Waals surface area contributed by atoms with Crippen molar-refractivity contribution in [2.75, 3.05) is 20.1 Å². The van der Waals surface area contributed by atoms with Gasteiger partial charge in [0.1, 0.15) is 0 Å². The van der Waals surface area contributed by atoms with Crippen molar-refractivity contribution in [1.82, 2.24) is 10.2 Å². The number of nitrogens with two attached hydrogens (primary N) is 1. The maximum atomic E-state index is 12.4. The molecule has 0 bridgehead atoms. The number of hydrogen-bond donors (Lipinski definition) is 3. The molecule has 0 saturated heterocycles. The summed E-state index contributed by atoms with van der Waals surface area (Å²) in [6.45, 7) is 0.908. The molecule has 1 aliphatic carbocycles. The van der Waals surface area contributed by atoms with Gasteiger partial charge in [-0.15, -0.1) is 0 Å². The summed E-state index contributed by atoms with van der Waals surface area (Å²) in [5.74, 6) is -0.744. The standard InChI is InChI=1S/C20H32BN3O4/c1-24(15-13-16-8-3-2-4-9-16)20(26)28-21(27)18(12-7-14-22)23-19(25)17-10-5-6-11-17/h2-4,8-9,17-18,27H,5-7,10-15,22H2,1H3,(H,23,25). The Kier molecular flexibility index (Phi) is 9.30. The van der Waals surface area contributed by atoms with Crippen LogP contribution in [-0.2, 0) is 15.9 Å². The molecule has 1 atom stereocenters. The van der Waals surface area contributed by atoms with Gasteiger partial charge in [0, 0.05) is 19.5 Å². The molecule has 0 spiro atoms. The number of benzene rings is 1. The van der Waals surface area contributed by atoms with Crippen molar-refractivity contribution in [3.63, 3.8) is 0 Å². The van der Waals surface area contributed by atoms with E-state index in [2.05, 4.69) is 5.32 Å². The number of rotatable bonds is 10. The molecule has 0 heterocycles. The zero-order chi connectivity index (χ0) is 20.4. The Bertz CT molecular complexity index is 611. The van der Waals surface area contributed by atoms with E-state index in [1.54, 1.807) is 7.05 Å². The molecule has 7 nitrogen and oxygen atoms in total. The van der Waals surface area contributed by atoms with E-state index in [4.69, 9.17) is 10.4 Å². The highest BCUT2D eigenvalue weighted by Gasteiger charge is 2.34. The molecule has 0 radical (unpaired) electrons. The van der Waals surface area contributed by atoms with Gasteiger partial charge in [0.2, 0.25) is 5.91 Å². The molecule has 28 heavy (non-hydrogen) atoms. The zero-order valence-electron chi connectivity index (χ0n) is 16.7. The highest BCUT2D eigenvalue weighted by Crippen LogP contribution is 2.25. The van der Waals surface area contributed by atoms with Gasteiger partial charge in [-0.05, 0) is 44.2 Å². The molecular formula is C20H32BN3O4. The minimum atomic E-state index is -1.40. The molecule has 1 saturated carbocycles. The second-order valence-electron chi connectivity index (χ2n) is 7.46. The molecular weight excluding hydrogens is 357 g/mol. The average molecular weight is 389 g/mol. The van der Waals surface area contributed by atoms with Gasteiger partial charge >= 0.3 is 13.2 Å². The number of carbonyl (C=O) groups is 2. The van der Waals surface area contributed by atoms with Gasteiger partial charge in [-0.25, -0.2) is 4.79 Å². The van der Waals surface area contributed by atoms with E-state index < -0.39 is 19.2 Å². The van der Waals surface area contributed by atoms with Gasteiger partial charge in [0.05, 0.1) is 5.94 Å². The number of nitrogens with one attached hydrogen (secondary N) is 1. The van der Waals surface area contributed by atoms with E-state index in [-0.39, 0.29) is 11.8 Å². The van der Waals surface area contributed by atoms with Crippen molar-refractivity contribution in [1.29, 1.82) is 0 Å². The molecule has 2 rings (SSSR count). The van der Waals surface area contributed by atoms with Gasteiger partial charge in [-0.1, -0.05) is 43.2 Å². The summed E-state index contributed by atoms with van der Waals surface area (Å²) >= 11 is 0. The topological polar surface area (TPSA) is 105 Å². The Balaban J connectivity index is 1.84. The lowest BCUT2D eigenvalue weighted by molar-refractivity contribution is -0.125. The first kappa shape index (κ1) is 22.2. The summed E-state index contributed by atoms with van der Waals surface area (Å²) in [6, 6.07) is 9.84. The monoisotopic (exact) mass is 389 g/mol.